The first kappa shape index (κ1) is 56.7. The molecule has 0 spiro atoms. The number of thiophene rings is 1. The van der Waals surface area contributed by atoms with Crippen molar-refractivity contribution in [2.45, 2.75) is 105 Å². The average molecular weight is 1200 g/mol. The van der Waals surface area contributed by atoms with Crippen LogP contribution in [0.25, 0.3) is 76.2 Å². The number of anilines is 9. The van der Waals surface area contributed by atoms with E-state index in [0.717, 1.165) is 112 Å². The van der Waals surface area contributed by atoms with Crippen molar-refractivity contribution < 1.29 is 8.83 Å². The number of para-hydroxylation sites is 4. The van der Waals surface area contributed by atoms with Gasteiger partial charge in [0.1, 0.15) is 11.2 Å². The van der Waals surface area contributed by atoms with Gasteiger partial charge in [0.15, 0.2) is 11.2 Å². The van der Waals surface area contributed by atoms with E-state index >= 15 is 0 Å². The van der Waals surface area contributed by atoms with E-state index in [-0.39, 0.29) is 28.4 Å². The van der Waals surface area contributed by atoms with Crippen molar-refractivity contribution in [3.8, 4) is 22.3 Å². The van der Waals surface area contributed by atoms with E-state index in [1.807, 2.05) is 11.3 Å². The summed E-state index contributed by atoms with van der Waals surface area (Å²) in [5, 5.41) is 5.57. The highest BCUT2D eigenvalue weighted by Gasteiger charge is 2.47. The van der Waals surface area contributed by atoms with E-state index in [9.17, 15) is 0 Å². The summed E-state index contributed by atoms with van der Waals surface area (Å²) in [5.74, 6) is 0. The lowest BCUT2D eigenvalue weighted by Gasteiger charge is -2.44. The van der Waals surface area contributed by atoms with Gasteiger partial charge in [-0.3, -0.25) is 0 Å². The van der Waals surface area contributed by atoms with Crippen LogP contribution >= 0.6 is 11.3 Å². The summed E-state index contributed by atoms with van der Waals surface area (Å²) in [4.78, 5) is 7.67. The summed E-state index contributed by atoms with van der Waals surface area (Å²) in [5.41, 5.74) is 24.9. The largest absolute Gasteiger partial charge is 0.454 e. The third-order valence-electron chi connectivity index (χ3n) is 19.3. The topological polar surface area (TPSA) is 36.0 Å². The number of benzene rings is 11. The van der Waals surface area contributed by atoms with Gasteiger partial charge in [0.25, 0.3) is 6.71 Å². The monoisotopic (exact) mass is 1200 g/mol. The number of nitrogens with zero attached hydrogens (tertiary/aromatic N) is 3. The SMILES string of the molecule is CC(C)(C)c1ccc(-c2cc3c(cc2N(c2ccc(C(C)(C)C)cc2)c2ccc(C(C)(C)C)cc2)N(c2cccc4c2oc2ccccc24)c2cc(-c4ccccc4)cc4c2B3c2sc3ccc(C(C)(C)C)cc3c2N4c2cccc3c2oc2ccccc23)cc1. The number of hydrogen-bond acceptors (Lipinski definition) is 6. The van der Waals surface area contributed by atoms with Crippen molar-refractivity contribution in [2.75, 3.05) is 14.7 Å². The second kappa shape index (κ2) is 20.5. The van der Waals surface area contributed by atoms with E-state index in [1.165, 1.54) is 53.7 Å². The Bertz CT molecular complexity index is 5160. The lowest BCUT2D eigenvalue weighted by Crippen LogP contribution is -2.60. The van der Waals surface area contributed by atoms with Crippen molar-refractivity contribution in [3.05, 3.63) is 253 Å². The van der Waals surface area contributed by atoms with Crippen molar-refractivity contribution >= 4 is 139 Å². The molecule has 16 rings (SSSR count). The highest BCUT2D eigenvalue weighted by atomic mass is 32.1. The molecule has 446 valence electrons. The van der Waals surface area contributed by atoms with Gasteiger partial charge in [-0.1, -0.05) is 235 Å². The molecule has 91 heavy (non-hydrogen) atoms. The Morgan fingerprint density at radius 3 is 1.37 bits per heavy atom. The maximum atomic E-state index is 7.23. The minimum Gasteiger partial charge on any atom is -0.454 e. The van der Waals surface area contributed by atoms with Gasteiger partial charge < -0.3 is 23.5 Å². The van der Waals surface area contributed by atoms with Gasteiger partial charge in [0.2, 0.25) is 0 Å². The molecule has 5 heterocycles. The maximum absolute atomic E-state index is 7.23. The average Bonchev–Trinajstić information content (AvgIpc) is 1.68. The second-order valence-electron chi connectivity index (χ2n) is 29.4. The van der Waals surface area contributed by atoms with Crippen LogP contribution in [0.4, 0.5) is 51.2 Å². The molecule has 0 N–H and O–H groups in total. The van der Waals surface area contributed by atoms with E-state index in [2.05, 4.69) is 328 Å². The number of furan rings is 2. The summed E-state index contributed by atoms with van der Waals surface area (Å²) in [6.07, 6.45) is 0. The van der Waals surface area contributed by atoms with Gasteiger partial charge in [-0.2, -0.15) is 0 Å². The standard InChI is InChI=1S/C84H74BN3O2S/c1-81(2,3)54-34-32-52(33-35-54)64-49-66-70(50-69(64)86(58-41-36-55(37-42-58)82(4,5)6)59-43-38-56(39-44-59)83(7,8)9)87(67-28-20-26-62-60-24-16-18-30-73(60)89-78(62)67)71-46-53(51-22-14-13-15-23-51)47-72-76(71)85(66)80-77(65-48-57(84(10,11)12)40-45-75(65)91-80)88(72)68-29-21-27-63-61-25-17-19-31-74(61)90-79(63)68/h13-50H,1-12H3. The van der Waals surface area contributed by atoms with E-state index < -0.39 is 0 Å². The Kier molecular flexibility index (Phi) is 12.8. The Balaban J connectivity index is 1.08. The van der Waals surface area contributed by atoms with Crippen molar-refractivity contribution in [1.82, 2.24) is 0 Å². The van der Waals surface area contributed by atoms with Crippen LogP contribution in [0.15, 0.2) is 239 Å². The van der Waals surface area contributed by atoms with Gasteiger partial charge in [-0.25, -0.2) is 0 Å². The Labute approximate surface area is 538 Å². The molecule has 2 aliphatic heterocycles. The smallest absolute Gasteiger partial charge is 0.264 e. The van der Waals surface area contributed by atoms with Crippen LogP contribution < -0.4 is 30.4 Å². The zero-order valence-electron chi connectivity index (χ0n) is 54.1. The van der Waals surface area contributed by atoms with Crippen LogP contribution in [-0.2, 0) is 21.7 Å². The minimum atomic E-state index is -0.222. The molecule has 11 aromatic carbocycles. The van der Waals surface area contributed by atoms with Crippen LogP contribution in [0.1, 0.15) is 105 Å². The van der Waals surface area contributed by atoms with Gasteiger partial charge in [0, 0.05) is 70.4 Å². The highest BCUT2D eigenvalue weighted by molar-refractivity contribution is 7.33. The molecule has 0 fully saturated rings. The zero-order chi connectivity index (χ0) is 62.6. The molecule has 14 aromatic rings. The van der Waals surface area contributed by atoms with Crippen LogP contribution in [0.3, 0.4) is 0 Å². The molecule has 0 atom stereocenters. The number of rotatable bonds is 7. The van der Waals surface area contributed by atoms with Gasteiger partial charge in [-0.15, -0.1) is 11.3 Å². The molecule has 0 bridgehead atoms. The molecule has 0 radical (unpaired) electrons. The molecular formula is C84H74BN3O2S. The summed E-state index contributed by atoms with van der Waals surface area (Å²) < 4.78 is 16.9. The summed E-state index contributed by atoms with van der Waals surface area (Å²) >= 11 is 1.93. The van der Waals surface area contributed by atoms with Crippen molar-refractivity contribution in [2.24, 2.45) is 0 Å². The first-order valence-electron chi connectivity index (χ1n) is 32.2. The number of fused-ring (bicyclic) bond motifs is 12. The maximum Gasteiger partial charge on any atom is 0.264 e. The normalized spacial score (nSPS) is 13.4. The van der Waals surface area contributed by atoms with E-state index in [4.69, 9.17) is 8.83 Å². The third-order valence-corrected chi connectivity index (χ3v) is 20.5. The molecule has 5 nitrogen and oxygen atoms in total. The van der Waals surface area contributed by atoms with Crippen LogP contribution in [0.2, 0.25) is 0 Å². The quantitative estimate of drug-likeness (QED) is 0.149. The van der Waals surface area contributed by atoms with Gasteiger partial charge >= 0.3 is 0 Å². The first-order chi connectivity index (χ1) is 43.7. The molecule has 0 aliphatic carbocycles. The summed E-state index contributed by atoms with van der Waals surface area (Å²) in [6.45, 7) is 27.5. The van der Waals surface area contributed by atoms with Crippen molar-refractivity contribution in [3.63, 3.8) is 0 Å². The Hall–Kier alpha value is -9.56. The van der Waals surface area contributed by atoms with E-state index in [0.29, 0.717) is 0 Å². The van der Waals surface area contributed by atoms with E-state index in [1.54, 1.807) is 0 Å². The van der Waals surface area contributed by atoms with Crippen LogP contribution in [0.5, 0.6) is 0 Å². The molecule has 0 saturated heterocycles. The minimum absolute atomic E-state index is 0.0412. The Morgan fingerprint density at radius 1 is 0.363 bits per heavy atom. The predicted molar refractivity (Wildman–Crippen MR) is 391 cm³/mol. The molecule has 0 unspecified atom stereocenters. The molecule has 0 saturated carbocycles. The third kappa shape index (κ3) is 9.24. The molecule has 3 aromatic heterocycles. The van der Waals surface area contributed by atoms with Gasteiger partial charge in [-0.05, 0) is 150 Å². The molecular weight excluding hydrogens is 1130 g/mol. The highest BCUT2D eigenvalue weighted by Crippen LogP contribution is 2.55. The zero-order valence-corrected chi connectivity index (χ0v) is 54.9. The predicted octanol–water partition coefficient (Wildman–Crippen LogP) is 22.8. The lowest BCUT2D eigenvalue weighted by molar-refractivity contribution is 0.590. The molecule has 0 amide bonds. The van der Waals surface area contributed by atoms with Gasteiger partial charge in [0.05, 0.1) is 22.7 Å². The first-order valence-corrected chi connectivity index (χ1v) is 33.0. The lowest BCUT2D eigenvalue weighted by atomic mass is 9.36. The second-order valence-corrected chi connectivity index (χ2v) is 30.4. The van der Waals surface area contributed by atoms with Crippen LogP contribution in [-0.4, -0.2) is 6.71 Å². The fraction of sp³-hybridized carbons (Fsp3) is 0.190. The molecule has 2 aliphatic rings. The fourth-order valence-electron chi connectivity index (χ4n) is 14.3. The van der Waals surface area contributed by atoms with Crippen molar-refractivity contribution in [1.29, 1.82) is 0 Å². The van der Waals surface area contributed by atoms with Crippen LogP contribution in [0, 0.1) is 0 Å². The summed E-state index contributed by atoms with van der Waals surface area (Å²) in [6, 6.07) is 86.7. The Morgan fingerprint density at radius 2 is 0.835 bits per heavy atom. The molecule has 7 heteroatoms. The number of hydrogen-bond donors (Lipinski definition) is 0. The summed E-state index contributed by atoms with van der Waals surface area (Å²) in [7, 11) is 0. The fourth-order valence-corrected chi connectivity index (χ4v) is 15.6.